The molecule has 0 aliphatic heterocycles. The van der Waals surface area contributed by atoms with Gasteiger partial charge in [0.15, 0.2) is 12.3 Å². The predicted octanol–water partition coefficient (Wildman–Crippen LogP) is 4.09. The summed E-state index contributed by atoms with van der Waals surface area (Å²) in [4.78, 5) is 37.9. The number of hydrogen-bond donors (Lipinski definition) is 0. The van der Waals surface area contributed by atoms with Gasteiger partial charge in [-0.05, 0) is 37.6 Å². The molecular weight excluding hydrogens is 442 g/mol. The van der Waals surface area contributed by atoms with E-state index >= 15 is 0 Å². The van der Waals surface area contributed by atoms with Crippen LogP contribution in [0.2, 0.25) is 5.02 Å². The molecule has 2 aromatic carbocycles. The van der Waals surface area contributed by atoms with E-state index in [4.69, 9.17) is 16.3 Å². The third-order valence-corrected chi connectivity index (χ3v) is 6.01. The fraction of sp³-hybridized carbons (Fsp3) is 0.200. The topological polar surface area (TPSA) is 83.2 Å². The summed E-state index contributed by atoms with van der Waals surface area (Å²) in [6.07, 6.45) is 0. The molecule has 2 heterocycles. The zero-order valence-electron chi connectivity index (χ0n) is 18.5. The predicted molar refractivity (Wildman–Crippen MR) is 126 cm³/mol. The molecule has 168 valence electrons. The Hall–Kier alpha value is -3.71. The molecule has 4 rings (SSSR count). The maximum absolute atomic E-state index is 12.9. The number of ketones is 1. The monoisotopic (exact) mass is 463 g/mol. The van der Waals surface area contributed by atoms with E-state index in [-0.39, 0.29) is 17.0 Å². The number of esters is 1. The number of halogens is 1. The second-order valence-electron chi connectivity index (χ2n) is 7.78. The van der Waals surface area contributed by atoms with E-state index < -0.39 is 12.6 Å². The highest BCUT2D eigenvalue weighted by Crippen LogP contribution is 2.22. The second kappa shape index (κ2) is 9.03. The van der Waals surface area contributed by atoms with Gasteiger partial charge in [-0.3, -0.25) is 9.59 Å². The van der Waals surface area contributed by atoms with Gasteiger partial charge < -0.3 is 9.30 Å². The van der Waals surface area contributed by atoms with Gasteiger partial charge >= 0.3 is 5.97 Å². The lowest BCUT2D eigenvalue weighted by molar-refractivity contribution is 0.0468. The normalized spacial score (nSPS) is 11.0. The largest absolute Gasteiger partial charge is 0.452 e. The molecule has 0 radical (unpaired) electrons. The second-order valence-corrected chi connectivity index (χ2v) is 8.19. The fourth-order valence-corrected chi connectivity index (χ4v) is 4.05. The Morgan fingerprint density at radius 2 is 1.70 bits per heavy atom. The number of carbonyl (C=O) groups is 2. The van der Waals surface area contributed by atoms with Crippen molar-refractivity contribution in [3.63, 3.8) is 0 Å². The summed E-state index contributed by atoms with van der Waals surface area (Å²) in [7, 11) is 1.46. The van der Waals surface area contributed by atoms with Crippen LogP contribution in [0.25, 0.3) is 10.8 Å². The van der Waals surface area contributed by atoms with Crippen LogP contribution in [-0.4, -0.2) is 32.7 Å². The Kier molecular flexibility index (Phi) is 6.16. The Balaban J connectivity index is 1.54. The Morgan fingerprint density at radius 3 is 2.42 bits per heavy atom. The number of carbonyl (C=O) groups excluding carboxylic acids is 2. The first-order valence-electron chi connectivity index (χ1n) is 10.3. The van der Waals surface area contributed by atoms with Crippen molar-refractivity contribution in [1.82, 2.24) is 14.3 Å². The van der Waals surface area contributed by atoms with Crippen molar-refractivity contribution in [2.24, 2.45) is 7.05 Å². The zero-order chi connectivity index (χ0) is 23.7. The van der Waals surface area contributed by atoms with Gasteiger partial charge in [0.2, 0.25) is 5.78 Å². The van der Waals surface area contributed by atoms with E-state index in [0.29, 0.717) is 27.9 Å². The number of rotatable bonds is 6. The molecular formula is C25H22ClN3O4. The van der Waals surface area contributed by atoms with Gasteiger partial charge in [-0.1, -0.05) is 48.0 Å². The lowest BCUT2D eigenvalue weighted by atomic mass is 10.1. The van der Waals surface area contributed by atoms with Gasteiger partial charge in [0.05, 0.1) is 5.39 Å². The minimum Gasteiger partial charge on any atom is -0.452 e. The summed E-state index contributed by atoms with van der Waals surface area (Å²) in [5.74, 6) is -1.09. The SMILES string of the molecule is Cc1cc(C(=O)COC(=O)c2nn(C)c(=O)c3ccccc23)c(C)n1Cc1ccccc1Cl. The van der Waals surface area contributed by atoms with E-state index in [1.807, 2.05) is 42.7 Å². The van der Waals surface area contributed by atoms with Crippen molar-refractivity contribution >= 4 is 34.1 Å². The highest BCUT2D eigenvalue weighted by molar-refractivity contribution is 6.31. The molecule has 4 aromatic rings. The summed E-state index contributed by atoms with van der Waals surface area (Å²) >= 11 is 6.29. The molecule has 0 N–H and O–H groups in total. The van der Waals surface area contributed by atoms with E-state index in [1.54, 1.807) is 30.3 Å². The molecule has 8 heteroatoms. The summed E-state index contributed by atoms with van der Waals surface area (Å²) in [6, 6.07) is 16.0. The van der Waals surface area contributed by atoms with Crippen LogP contribution in [0.1, 0.15) is 37.8 Å². The van der Waals surface area contributed by atoms with Crippen LogP contribution in [0, 0.1) is 13.8 Å². The molecule has 7 nitrogen and oxygen atoms in total. The molecule has 0 saturated carbocycles. The van der Waals surface area contributed by atoms with Crippen LogP contribution in [0.4, 0.5) is 0 Å². The maximum atomic E-state index is 12.9. The Morgan fingerprint density at radius 1 is 1.03 bits per heavy atom. The third-order valence-electron chi connectivity index (χ3n) is 5.64. The molecule has 0 saturated heterocycles. The highest BCUT2D eigenvalue weighted by Gasteiger charge is 2.21. The molecule has 33 heavy (non-hydrogen) atoms. The molecule has 0 unspecified atom stereocenters. The molecule has 0 bridgehead atoms. The summed E-state index contributed by atoms with van der Waals surface area (Å²) < 4.78 is 8.38. The number of aryl methyl sites for hydroxylation is 2. The molecule has 0 fully saturated rings. The number of hydrogen-bond acceptors (Lipinski definition) is 5. The quantitative estimate of drug-likeness (QED) is 0.317. The highest BCUT2D eigenvalue weighted by atomic mass is 35.5. The first kappa shape index (κ1) is 22.5. The number of benzene rings is 2. The lowest BCUT2D eigenvalue weighted by Crippen LogP contribution is -2.24. The summed E-state index contributed by atoms with van der Waals surface area (Å²) in [5.41, 5.74) is 2.76. The molecule has 0 aliphatic carbocycles. The van der Waals surface area contributed by atoms with Gasteiger partial charge in [0, 0.05) is 41.0 Å². The van der Waals surface area contributed by atoms with E-state index in [0.717, 1.165) is 21.6 Å². The van der Waals surface area contributed by atoms with Crippen molar-refractivity contribution in [3.05, 3.63) is 98.2 Å². The van der Waals surface area contributed by atoms with Crippen molar-refractivity contribution in [2.45, 2.75) is 20.4 Å². The van der Waals surface area contributed by atoms with Crippen LogP contribution in [-0.2, 0) is 18.3 Å². The van der Waals surface area contributed by atoms with Crippen molar-refractivity contribution in [3.8, 4) is 0 Å². The van der Waals surface area contributed by atoms with Gasteiger partial charge in [0.1, 0.15) is 0 Å². The van der Waals surface area contributed by atoms with Crippen molar-refractivity contribution in [2.75, 3.05) is 6.61 Å². The van der Waals surface area contributed by atoms with Gasteiger partial charge in [-0.2, -0.15) is 5.10 Å². The average Bonchev–Trinajstić information content (AvgIpc) is 3.09. The Labute approximate surface area is 195 Å². The van der Waals surface area contributed by atoms with Gasteiger partial charge in [0.25, 0.3) is 5.56 Å². The smallest absolute Gasteiger partial charge is 0.359 e. The average molecular weight is 464 g/mol. The summed E-state index contributed by atoms with van der Waals surface area (Å²) in [6.45, 7) is 3.85. The number of aromatic nitrogens is 3. The number of fused-ring (bicyclic) bond motifs is 1. The molecule has 0 atom stereocenters. The number of nitrogens with zero attached hydrogens (tertiary/aromatic N) is 3. The Bertz CT molecular complexity index is 1450. The van der Waals surface area contributed by atoms with Gasteiger partial charge in [-0.25, -0.2) is 9.48 Å². The van der Waals surface area contributed by atoms with E-state index in [2.05, 4.69) is 5.10 Å². The molecule has 2 aromatic heterocycles. The third kappa shape index (κ3) is 4.32. The van der Waals surface area contributed by atoms with E-state index in [9.17, 15) is 14.4 Å². The standard InChI is InChI=1S/C25H22ClN3O4/c1-15-12-20(16(2)29(15)13-17-8-4-7-11-21(17)26)22(30)14-33-25(32)23-18-9-5-6-10-19(18)24(31)28(3)27-23/h4-12H,13-14H2,1-3H3. The lowest BCUT2D eigenvalue weighted by Gasteiger charge is -2.11. The van der Waals surface area contributed by atoms with Crippen LogP contribution in [0.3, 0.4) is 0 Å². The molecule has 0 aliphatic rings. The molecule has 0 amide bonds. The van der Waals surface area contributed by atoms with Gasteiger partial charge in [-0.15, -0.1) is 0 Å². The van der Waals surface area contributed by atoms with Crippen molar-refractivity contribution < 1.29 is 14.3 Å². The first-order chi connectivity index (χ1) is 15.8. The fourth-order valence-electron chi connectivity index (χ4n) is 3.85. The zero-order valence-corrected chi connectivity index (χ0v) is 19.2. The van der Waals surface area contributed by atoms with E-state index in [1.165, 1.54) is 7.05 Å². The first-order valence-corrected chi connectivity index (χ1v) is 10.7. The van der Waals surface area contributed by atoms with Crippen molar-refractivity contribution in [1.29, 1.82) is 0 Å². The number of Topliss-reactive ketones (excluding diaryl/α,β-unsaturated/α-hetero) is 1. The number of ether oxygens (including phenoxy) is 1. The maximum Gasteiger partial charge on any atom is 0.359 e. The van der Waals surface area contributed by atoms with Crippen LogP contribution in [0.15, 0.2) is 59.4 Å². The van der Waals surface area contributed by atoms with Crippen LogP contribution >= 0.6 is 11.6 Å². The van der Waals surface area contributed by atoms with Crippen LogP contribution in [0.5, 0.6) is 0 Å². The molecule has 0 spiro atoms. The minimum atomic E-state index is -0.764. The van der Waals surface area contributed by atoms with Crippen LogP contribution < -0.4 is 5.56 Å². The minimum absolute atomic E-state index is 0.00954. The summed E-state index contributed by atoms with van der Waals surface area (Å²) in [5, 5.41) is 5.44.